The standard InChI is InChI=1S/C24H25ClN2O5S/c1-16-4-11-21(12-5-16)33(29,30)27-23-13-6-18(14-22(23)25)24(28)26-17(2)15-32-20-9-7-19(31-3)8-10-20/h4-14,17,27H,15H2,1-3H3,(H,26,28)/t17-/m1/s1. The first-order valence-corrected chi connectivity index (χ1v) is 12.0. The molecule has 0 saturated heterocycles. The first-order valence-electron chi connectivity index (χ1n) is 10.1. The van der Waals surface area contributed by atoms with E-state index in [0.29, 0.717) is 11.3 Å². The molecule has 0 spiro atoms. The van der Waals surface area contributed by atoms with E-state index in [0.717, 1.165) is 11.3 Å². The molecule has 0 aromatic heterocycles. The molecular formula is C24H25ClN2O5S. The SMILES string of the molecule is COc1ccc(OC[C@@H](C)NC(=O)c2ccc(NS(=O)(=O)c3ccc(C)cc3)c(Cl)c2)cc1. The highest BCUT2D eigenvalue weighted by atomic mass is 35.5. The quantitative estimate of drug-likeness (QED) is 0.457. The van der Waals surface area contributed by atoms with Crippen molar-refractivity contribution in [2.24, 2.45) is 0 Å². The van der Waals surface area contributed by atoms with Crippen molar-refractivity contribution < 1.29 is 22.7 Å². The van der Waals surface area contributed by atoms with E-state index in [-0.39, 0.29) is 34.2 Å². The Morgan fingerprint density at radius 1 is 1.00 bits per heavy atom. The van der Waals surface area contributed by atoms with Gasteiger partial charge in [0.2, 0.25) is 0 Å². The van der Waals surface area contributed by atoms with Crippen LogP contribution in [0.4, 0.5) is 5.69 Å². The highest BCUT2D eigenvalue weighted by Crippen LogP contribution is 2.26. The maximum absolute atomic E-state index is 12.6. The van der Waals surface area contributed by atoms with E-state index in [1.165, 1.54) is 30.3 Å². The van der Waals surface area contributed by atoms with Crippen molar-refractivity contribution in [1.82, 2.24) is 5.32 Å². The Balaban J connectivity index is 1.60. The minimum atomic E-state index is -3.80. The Hall–Kier alpha value is -3.23. The number of halogens is 1. The molecule has 2 N–H and O–H groups in total. The second-order valence-corrected chi connectivity index (χ2v) is 9.56. The number of amides is 1. The van der Waals surface area contributed by atoms with Crippen molar-refractivity contribution in [1.29, 1.82) is 0 Å². The number of methoxy groups -OCH3 is 1. The van der Waals surface area contributed by atoms with E-state index in [1.54, 1.807) is 43.5 Å². The number of rotatable bonds is 9. The van der Waals surface area contributed by atoms with Crippen LogP contribution in [0.1, 0.15) is 22.8 Å². The number of ether oxygens (including phenoxy) is 2. The number of hydrogen-bond acceptors (Lipinski definition) is 5. The van der Waals surface area contributed by atoms with E-state index in [4.69, 9.17) is 21.1 Å². The van der Waals surface area contributed by atoms with Gasteiger partial charge < -0.3 is 14.8 Å². The van der Waals surface area contributed by atoms with Crippen LogP contribution in [0.2, 0.25) is 5.02 Å². The van der Waals surface area contributed by atoms with Crippen LogP contribution in [0.3, 0.4) is 0 Å². The largest absolute Gasteiger partial charge is 0.497 e. The van der Waals surface area contributed by atoms with Gasteiger partial charge in [-0.15, -0.1) is 0 Å². The second kappa shape index (κ2) is 10.6. The molecule has 0 fully saturated rings. The summed E-state index contributed by atoms with van der Waals surface area (Å²) in [5.41, 5.74) is 1.44. The molecule has 1 atom stereocenters. The van der Waals surface area contributed by atoms with Gasteiger partial charge in [-0.25, -0.2) is 8.42 Å². The number of aryl methyl sites for hydroxylation is 1. The molecule has 0 aliphatic rings. The third-order valence-electron chi connectivity index (χ3n) is 4.74. The lowest BCUT2D eigenvalue weighted by Gasteiger charge is -2.16. The van der Waals surface area contributed by atoms with Gasteiger partial charge in [0.05, 0.1) is 28.8 Å². The number of carbonyl (C=O) groups is 1. The van der Waals surface area contributed by atoms with Crippen LogP contribution in [-0.4, -0.2) is 34.1 Å². The van der Waals surface area contributed by atoms with E-state index in [9.17, 15) is 13.2 Å². The summed E-state index contributed by atoms with van der Waals surface area (Å²) in [5.74, 6) is 1.03. The van der Waals surface area contributed by atoms with Gasteiger partial charge in [0, 0.05) is 5.56 Å². The topological polar surface area (TPSA) is 93.7 Å². The summed E-state index contributed by atoms with van der Waals surface area (Å²) >= 11 is 6.25. The van der Waals surface area contributed by atoms with Gasteiger partial charge in [-0.3, -0.25) is 9.52 Å². The Morgan fingerprint density at radius 2 is 1.64 bits per heavy atom. The molecule has 0 bridgehead atoms. The molecule has 3 aromatic carbocycles. The van der Waals surface area contributed by atoms with E-state index < -0.39 is 10.0 Å². The molecule has 174 valence electrons. The van der Waals surface area contributed by atoms with Gasteiger partial charge in [-0.05, 0) is 68.4 Å². The lowest BCUT2D eigenvalue weighted by atomic mass is 10.2. The fourth-order valence-electron chi connectivity index (χ4n) is 2.90. The number of sulfonamides is 1. The molecule has 0 aliphatic heterocycles. The first-order chi connectivity index (χ1) is 15.7. The van der Waals surface area contributed by atoms with Crippen LogP contribution in [0.25, 0.3) is 0 Å². The van der Waals surface area contributed by atoms with Crippen LogP contribution in [0, 0.1) is 6.92 Å². The molecule has 9 heteroatoms. The highest BCUT2D eigenvalue weighted by Gasteiger charge is 2.17. The van der Waals surface area contributed by atoms with E-state index in [2.05, 4.69) is 10.0 Å². The van der Waals surface area contributed by atoms with Gasteiger partial charge in [-0.2, -0.15) is 0 Å². The fraction of sp³-hybridized carbons (Fsp3) is 0.208. The molecule has 0 aliphatic carbocycles. The average molecular weight is 489 g/mol. The van der Waals surface area contributed by atoms with Crippen LogP contribution in [-0.2, 0) is 10.0 Å². The monoisotopic (exact) mass is 488 g/mol. The number of carbonyl (C=O) groups excluding carboxylic acids is 1. The van der Waals surface area contributed by atoms with Crippen molar-refractivity contribution in [2.45, 2.75) is 24.8 Å². The summed E-state index contributed by atoms with van der Waals surface area (Å²) in [7, 11) is -2.21. The molecule has 3 aromatic rings. The summed E-state index contributed by atoms with van der Waals surface area (Å²) in [5, 5.41) is 2.94. The normalized spacial score (nSPS) is 12.0. The van der Waals surface area contributed by atoms with Crippen LogP contribution in [0.15, 0.2) is 71.6 Å². The third-order valence-corrected chi connectivity index (χ3v) is 6.44. The maximum Gasteiger partial charge on any atom is 0.261 e. The van der Waals surface area contributed by atoms with Gasteiger partial charge >= 0.3 is 0 Å². The zero-order valence-corrected chi connectivity index (χ0v) is 20.0. The number of benzene rings is 3. The Morgan fingerprint density at radius 3 is 2.24 bits per heavy atom. The number of hydrogen-bond donors (Lipinski definition) is 2. The predicted octanol–water partition coefficient (Wildman–Crippen LogP) is 4.66. The molecule has 0 heterocycles. The van der Waals surface area contributed by atoms with Crippen LogP contribution >= 0.6 is 11.6 Å². The molecule has 0 radical (unpaired) electrons. The average Bonchev–Trinajstić information content (AvgIpc) is 2.79. The molecule has 0 unspecified atom stereocenters. The number of nitrogens with one attached hydrogen (secondary N) is 2. The molecule has 33 heavy (non-hydrogen) atoms. The van der Waals surface area contributed by atoms with Gasteiger partial charge in [0.15, 0.2) is 0 Å². The summed E-state index contributed by atoms with van der Waals surface area (Å²) in [6.45, 7) is 3.95. The Kier molecular flexibility index (Phi) is 7.84. The van der Waals surface area contributed by atoms with Crippen molar-refractivity contribution >= 4 is 33.2 Å². The molecule has 1 amide bonds. The zero-order chi connectivity index (χ0) is 24.0. The van der Waals surface area contributed by atoms with Crippen molar-refractivity contribution in [3.8, 4) is 11.5 Å². The minimum absolute atomic E-state index is 0.112. The minimum Gasteiger partial charge on any atom is -0.497 e. The number of anilines is 1. The first kappa shape index (κ1) is 24.4. The van der Waals surface area contributed by atoms with Crippen molar-refractivity contribution in [3.63, 3.8) is 0 Å². The van der Waals surface area contributed by atoms with Crippen LogP contribution in [0.5, 0.6) is 11.5 Å². The summed E-state index contributed by atoms with van der Waals surface area (Å²) in [6, 6.07) is 17.7. The third kappa shape index (κ3) is 6.63. The highest BCUT2D eigenvalue weighted by molar-refractivity contribution is 7.92. The maximum atomic E-state index is 12.6. The van der Waals surface area contributed by atoms with Crippen LogP contribution < -0.4 is 19.5 Å². The predicted molar refractivity (Wildman–Crippen MR) is 129 cm³/mol. The van der Waals surface area contributed by atoms with Crippen molar-refractivity contribution in [3.05, 3.63) is 82.9 Å². The Labute approximate surface area is 198 Å². The molecule has 0 saturated carbocycles. The Bertz CT molecular complexity index is 1210. The lowest BCUT2D eigenvalue weighted by Crippen LogP contribution is -2.36. The van der Waals surface area contributed by atoms with Gasteiger partial charge in [-0.1, -0.05) is 29.3 Å². The molecular weight excluding hydrogens is 464 g/mol. The smallest absolute Gasteiger partial charge is 0.261 e. The van der Waals surface area contributed by atoms with Crippen molar-refractivity contribution in [2.75, 3.05) is 18.4 Å². The van der Waals surface area contributed by atoms with E-state index >= 15 is 0 Å². The summed E-state index contributed by atoms with van der Waals surface area (Å²) < 4.78 is 38.4. The molecule has 3 rings (SSSR count). The van der Waals surface area contributed by atoms with E-state index in [1.807, 2.05) is 13.8 Å². The fourth-order valence-corrected chi connectivity index (χ4v) is 4.27. The molecule has 7 nitrogen and oxygen atoms in total. The second-order valence-electron chi connectivity index (χ2n) is 7.47. The van der Waals surface area contributed by atoms with Gasteiger partial charge in [0.1, 0.15) is 18.1 Å². The van der Waals surface area contributed by atoms with Gasteiger partial charge in [0.25, 0.3) is 15.9 Å². The zero-order valence-electron chi connectivity index (χ0n) is 18.5. The summed E-state index contributed by atoms with van der Waals surface area (Å²) in [4.78, 5) is 12.7. The lowest BCUT2D eigenvalue weighted by molar-refractivity contribution is 0.0926. The summed E-state index contributed by atoms with van der Waals surface area (Å²) in [6.07, 6.45) is 0.